The molecule has 184 valence electrons. The third kappa shape index (κ3) is 6.36. The van der Waals surface area contributed by atoms with Crippen molar-refractivity contribution in [3.8, 4) is 0 Å². The Morgan fingerprint density at radius 1 is 1.11 bits per heavy atom. The van der Waals surface area contributed by atoms with Crippen molar-refractivity contribution < 1.29 is 14.3 Å². The summed E-state index contributed by atoms with van der Waals surface area (Å²) in [5.74, 6) is -0.289. The summed E-state index contributed by atoms with van der Waals surface area (Å²) in [6, 6.07) is 14.1. The van der Waals surface area contributed by atoms with Crippen molar-refractivity contribution in [2.24, 2.45) is 0 Å². The summed E-state index contributed by atoms with van der Waals surface area (Å²) in [6.45, 7) is 7.93. The number of ether oxygens (including phenoxy) is 1. The van der Waals surface area contributed by atoms with Crippen LogP contribution in [0.3, 0.4) is 0 Å². The monoisotopic (exact) mass is 494 g/mol. The minimum Gasteiger partial charge on any atom is -0.379 e. The lowest BCUT2D eigenvalue weighted by atomic mass is 10.1. The Morgan fingerprint density at radius 3 is 2.66 bits per heavy atom. The number of thioether (sulfide) groups is 1. The highest BCUT2D eigenvalue weighted by Crippen LogP contribution is 2.24. The van der Waals surface area contributed by atoms with Crippen molar-refractivity contribution in [2.45, 2.75) is 37.2 Å². The van der Waals surface area contributed by atoms with Crippen LogP contribution in [0.1, 0.15) is 30.6 Å². The van der Waals surface area contributed by atoms with Crippen LogP contribution in [0.2, 0.25) is 0 Å². The Labute approximate surface area is 208 Å². The molecule has 1 aromatic heterocycles. The normalized spacial score (nSPS) is 15.1. The molecule has 1 unspecified atom stereocenters. The second-order valence-corrected chi connectivity index (χ2v) is 9.87. The molecule has 1 amide bonds. The van der Waals surface area contributed by atoms with Crippen LogP contribution in [0, 0.1) is 0 Å². The molecule has 4 rings (SSSR count). The number of nitrogens with one attached hydrogen (secondary N) is 1. The van der Waals surface area contributed by atoms with E-state index in [1.807, 2.05) is 18.2 Å². The minimum atomic E-state index is -0.505. The average molecular weight is 495 g/mol. The molecule has 2 aromatic carbocycles. The molecular weight excluding hydrogens is 464 g/mol. The van der Waals surface area contributed by atoms with Gasteiger partial charge in [-0.3, -0.25) is 23.9 Å². The second kappa shape index (κ2) is 11.6. The molecule has 35 heavy (non-hydrogen) atoms. The summed E-state index contributed by atoms with van der Waals surface area (Å²) in [7, 11) is 0. The number of nitrogens with zero attached hydrogens (tertiary/aromatic N) is 3. The molecule has 0 aliphatic carbocycles. The van der Waals surface area contributed by atoms with E-state index in [1.165, 1.54) is 18.7 Å². The number of morpholine rings is 1. The number of para-hydroxylation sites is 1. The lowest BCUT2D eigenvalue weighted by Gasteiger charge is -2.26. The molecule has 8 nitrogen and oxygen atoms in total. The van der Waals surface area contributed by atoms with Crippen LogP contribution in [-0.2, 0) is 16.1 Å². The van der Waals surface area contributed by atoms with Gasteiger partial charge in [-0.05, 0) is 44.5 Å². The predicted molar refractivity (Wildman–Crippen MR) is 138 cm³/mol. The molecule has 1 saturated heterocycles. The van der Waals surface area contributed by atoms with Crippen LogP contribution in [0.5, 0.6) is 0 Å². The Bertz CT molecular complexity index is 1270. The van der Waals surface area contributed by atoms with Crippen LogP contribution in [0.25, 0.3) is 10.9 Å². The van der Waals surface area contributed by atoms with E-state index in [-0.39, 0.29) is 17.2 Å². The molecule has 0 saturated carbocycles. The van der Waals surface area contributed by atoms with E-state index in [1.54, 1.807) is 41.8 Å². The molecule has 1 N–H and O–H groups in total. The average Bonchev–Trinajstić information content (AvgIpc) is 2.86. The molecule has 1 fully saturated rings. The van der Waals surface area contributed by atoms with E-state index in [2.05, 4.69) is 10.2 Å². The van der Waals surface area contributed by atoms with Gasteiger partial charge < -0.3 is 10.1 Å². The van der Waals surface area contributed by atoms with E-state index in [4.69, 9.17) is 9.72 Å². The number of carbonyl (C=O) groups is 2. The number of aromatic nitrogens is 2. The molecule has 0 radical (unpaired) electrons. The van der Waals surface area contributed by atoms with Crippen molar-refractivity contribution in [1.82, 2.24) is 14.5 Å². The molecule has 1 atom stereocenters. The lowest BCUT2D eigenvalue weighted by Crippen LogP contribution is -2.37. The number of amides is 1. The summed E-state index contributed by atoms with van der Waals surface area (Å²) < 4.78 is 7.10. The first-order chi connectivity index (χ1) is 16.9. The van der Waals surface area contributed by atoms with E-state index in [9.17, 15) is 14.4 Å². The zero-order valence-electron chi connectivity index (χ0n) is 20.0. The van der Waals surface area contributed by atoms with Crippen LogP contribution in [0.15, 0.2) is 58.5 Å². The molecule has 1 aliphatic rings. The van der Waals surface area contributed by atoms with Crippen molar-refractivity contribution in [2.75, 3.05) is 38.2 Å². The Morgan fingerprint density at radius 2 is 1.89 bits per heavy atom. The fourth-order valence-electron chi connectivity index (χ4n) is 3.98. The fourth-order valence-corrected chi connectivity index (χ4v) is 4.92. The zero-order chi connectivity index (χ0) is 24.8. The first kappa shape index (κ1) is 25.1. The number of carbonyl (C=O) groups excluding carboxylic acids is 2. The standard InChI is InChI=1S/C26H30N4O4S/c1-18(31)20-7-5-8-21(17-20)27-24(32)19(2)35-26-28-23-10-4-3-9-22(23)25(33)30(26)12-6-11-29-13-15-34-16-14-29/h3-5,7-10,17,19H,6,11-16H2,1-2H3,(H,27,32). The maximum absolute atomic E-state index is 13.3. The van der Waals surface area contributed by atoms with Gasteiger partial charge >= 0.3 is 0 Å². The van der Waals surface area contributed by atoms with E-state index in [0.717, 1.165) is 39.3 Å². The van der Waals surface area contributed by atoms with Gasteiger partial charge in [0, 0.05) is 37.4 Å². The largest absolute Gasteiger partial charge is 0.379 e. The van der Waals surface area contributed by atoms with E-state index < -0.39 is 5.25 Å². The van der Waals surface area contributed by atoms with Gasteiger partial charge in [0.25, 0.3) is 5.56 Å². The van der Waals surface area contributed by atoms with Crippen LogP contribution < -0.4 is 10.9 Å². The summed E-state index contributed by atoms with van der Waals surface area (Å²) in [5.41, 5.74) is 1.62. The summed E-state index contributed by atoms with van der Waals surface area (Å²) in [6.07, 6.45) is 0.798. The zero-order valence-corrected chi connectivity index (χ0v) is 20.8. The van der Waals surface area contributed by atoms with Crippen LogP contribution in [0.4, 0.5) is 5.69 Å². The Kier molecular flexibility index (Phi) is 8.33. The number of rotatable bonds is 9. The quantitative estimate of drug-likeness (QED) is 0.277. The summed E-state index contributed by atoms with van der Waals surface area (Å²) in [5, 5.41) is 3.46. The number of hydrogen-bond acceptors (Lipinski definition) is 7. The number of ketones is 1. The van der Waals surface area contributed by atoms with Gasteiger partial charge in [-0.25, -0.2) is 4.98 Å². The van der Waals surface area contributed by atoms with Crippen molar-refractivity contribution >= 4 is 40.0 Å². The fraction of sp³-hybridized carbons (Fsp3) is 0.385. The molecule has 9 heteroatoms. The Hall–Kier alpha value is -3.01. The second-order valence-electron chi connectivity index (χ2n) is 8.56. The molecule has 0 spiro atoms. The number of fused-ring (bicyclic) bond motifs is 1. The lowest BCUT2D eigenvalue weighted by molar-refractivity contribution is -0.115. The molecule has 1 aliphatic heterocycles. The van der Waals surface area contributed by atoms with Gasteiger partial charge in [0.2, 0.25) is 5.91 Å². The smallest absolute Gasteiger partial charge is 0.262 e. The van der Waals surface area contributed by atoms with Gasteiger partial charge in [0.1, 0.15) is 0 Å². The van der Waals surface area contributed by atoms with Gasteiger partial charge in [0.15, 0.2) is 10.9 Å². The predicted octanol–water partition coefficient (Wildman–Crippen LogP) is 3.44. The summed E-state index contributed by atoms with van der Waals surface area (Å²) in [4.78, 5) is 45.0. The summed E-state index contributed by atoms with van der Waals surface area (Å²) >= 11 is 1.26. The van der Waals surface area contributed by atoms with E-state index in [0.29, 0.717) is 33.9 Å². The number of hydrogen-bond donors (Lipinski definition) is 1. The Balaban J connectivity index is 1.51. The van der Waals surface area contributed by atoms with Crippen molar-refractivity contribution in [3.63, 3.8) is 0 Å². The molecule has 2 heterocycles. The topological polar surface area (TPSA) is 93.5 Å². The van der Waals surface area contributed by atoms with Crippen molar-refractivity contribution in [3.05, 3.63) is 64.4 Å². The van der Waals surface area contributed by atoms with Crippen LogP contribution >= 0.6 is 11.8 Å². The first-order valence-corrected chi connectivity index (χ1v) is 12.7. The minimum absolute atomic E-state index is 0.0648. The first-order valence-electron chi connectivity index (χ1n) is 11.8. The number of anilines is 1. The molecule has 0 bridgehead atoms. The third-order valence-electron chi connectivity index (χ3n) is 5.97. The molecular formula is C26H30N4O4S. The highest BCUT2D eigenvalue weighted by Gasteiger charge is 2.20. The van der Waals surface area contributed by atoms with E-state index >= 15 is 0 Å². The van der Waals surface area contributed by atoms with Gasteiger partial charge in [-0.1, -0.05) is 36.0 Å². The highest BCUT2D eigenvalue weighted by molar-refractivity contribution is 8.00. The van der Waals surface area contributed by atoms with Crippen LogP contribution in [-0.4, -0.2) is 64.2 Å². The van der Waals surface area contributed by atoms with Gasteiger partial charge in [-0.2, -0.15) is 0 Å². The third-order valence-corrected chi connectivity index (χ3v) is 7.06. The SMILES string of the molecule is CC(=O)c1cccc(NC(=O)C(C)Sc2nc3ccccc3c(=O)n2CCCN2CCOCC2)c1. The molecule has 3 aromatic rings. The van der Waals surface area contributed by atoms with Gasteiger partial charge in [-0.15, -0.1) is 0 Å². The maximum Gasteiger partial charge on any atom is 0.262 e. The van der Waals surface area contributed by atoms with Gasteiger partial charge in [0.05, 0.1) is 29.4 Å². The number of Topliss-reactive ketones (excluding diaryl/α,β-unsaturated/α-hetero) is 1. The highest BCUT2D eigenvalue weighted by atomic mass is 32.2. The van der Waals surface area contributed by atoms with Crippen molar-refractivity contribution in [1.29, 1.82) is 0 Å². The number of benzene rings is 2. The maximum atomic E-state index is 13.3.